The molecule has 0 saturated heterocycles. The lowest BCUT2D eigenvalue weighted by molar-refractivity contribution is -0.161. The minimum Gasteiger partial charge on any atom is -0.463 e. The fourth-order valence-corrected chi connectivity index (χ4v) is 10.5. The van der Waals surface area contributed by atoms with Gasteiger partial charge in [-0.25, -0.2) is 9.13 Å². The van der Waals surface area contributed by atoms with E-state index in [0.717, 1.165) is 116 Å². The van der Waals surface area contributed by atoms with Crippen LogP contribution in [0.3, 0.4) is 0 Å². The third-order valence-corrected chi connectivity index (χ3v) is 16.2. The highest BCUT2D eigenvalue weighted by molar-refractivity contribution is 7.47. The molecule has 93 heavy (non-hydrogen) atoms. The van der Waals surface area contributed by atoms with Crippen LogP contribution in [0.1, 0.15) is 265 Å². The van der Waals surface area contributed by atoms with E-state index in [2.05, 4.69) is 136 Å². The summed E-state index contributed by atoms with van der Waals surface area (Å²) in [4.78, 5) is 58.3. The number of ether oxygens (including phenoxy) is 3. The first kappa shape index (κ1) is 88.7. The van der Waals surface area contributed by atoms with Crippen molar-refractivity contribution in [3.05, 3.63) is 134 Å². The van der Waals surface area contributed by atoms with Gasteiger partial charge in [-0.15, -0.1) is 0 Å². The maximum absolute atomic E-state index is 12.9. The van der Waals surface area contributed by atoms with Crippen molar-refractivity contribution in [3.8, 4) is 0 Å². The number of hydrogen-bond donors (Lipinski definition) is 4. The molecule has 16 nitrogen and oxygen atoms in total. The second-order valence-electron chi connectivity index (χ2n) is 23.3. The smallest absolute Gasteiger partial charge is 0.463 e. The van der Waals surface area contributed by atoms with Crippen molar-refractivity contribution in [2.24, 2.45) is 0 Å². The fourth-order valence-electron chi connectivity index (χ4n) is 8.91. The predicted octanol–water partition coefficient (Wildman–Crippen LogP) is 20.0. The molecule has 532 valence electrons. The number of phosphoric ester groups is 2. The zero-order chi connectivity index (χ0) is 68.1. The van der Waals surface area contributed by atoms with E-state index in [0.29, 0.717) is 25.7 Å². The van der Waals surface area contributed by atoms with Crippen LogP contribution in [-0.2, 0) is 55.8 Å². The van der Waals surface area contributed by atoms with Crippen LogP contribution in [0.5, 0.6) is 0 Å². The van der Waals surface area contributed by atoms with Crippen LogP contribution in [0.2, 0.25) is 0 Å². The van der Waals surface area contributed by atoms with E-state index >= 15 is 0 Å². The van der Waals surface area contributed by atoms with Gasteiger partial charge in [0.2, 0.25) is 0 Å². The first-order chi connectivity index (χ1) is 45.2. The molecular formula is C75H126O16P2. The van der Waals surface area contributed by atoms with Gasteiger partial charge in [0.15, 0.2) is 6.10 Å². The van der Waals surface area contributed by atoms with Crippen LogP contribution in [0.15, 0.2) is 134 Å². The van der Waals surface area contributed by atoms with Gasteiger partial charge in [-0.05, 0) is 122 Å². The Kier molecular flexibility index (Phi) is 64.5. The van der Waals surface area contributed by atoms with Crippen molar-refractivity contribution in [2.45, 2.75) is 283 Å². The van der Waals surface area contributed by atoms with Crippen LogP contribution in [0.4, 0.5) is 0 Å². The molecule has 0 spiro atoms. The van der Waals surface area contributed by atoms with Crippen LogP contribution >= 0.6 is 15.6 Å². The maximum atomic E-state index is 12.9. The number of aliphatic hydroxyl groups excluding tert-OH is 2. The highest BCUT2D eigenvalue weighted by Gasteiger charge is 2.29. The van der Waals surface area contributed by atoms with Gasteiger partial charge >= 0.3 is 33.6 Å². The van der Waals surface area contributed by atoms with Crippen molar-refractivity contribution < 1.29 is 75.8 Å². The molecule has 0 radical (unpaired) electrons. The number of unbranched alkanes of at least 4 members (excludes halogenated alkanes) is 21. The Morgan fingerprint density at radius 3 is 1.01 bits per heavy atom. The minimum absolute atomic E-state index is 0.0404. The van der Waals surface area contributed by atoms with Gasteiger partial charge in [-0.3, -0.25) is 32.5 Å². The van der Waals surface area contributed by atoms with Crippen molar-refractivity contribution in [1.29, 1.82) is 0 Å². The number of phosphoric acid groups is 2. The van der Waals surface area contributed by atoms with Gasteiger partial charge < -0.3 is 34.2 Å². The van der Waals surface area contributed by atoms with Gasteiger partial charge in [-0.1, -0.05) is 257 Å². The van der Waals surface area contributed by atoms with E-state index in [4.69, 9.17) is 32.3 Å². The highest BCUT2D eigenvalue weighted by atomic mass is 31.2. The van der Waals surface area contributed by atoms with Gasteiger partial charge in [0.25, 0.3) is 0 Å². The molecule has 0 heterocycles. The molecule has 0 aliphatic heterocycles. The van der Waals surface area contributed by atoms with Crippen LogP contribution in [-0.4, -0.2) is 95.9 Å². The SMILES string of the molecule is CC/C=C\C/C=C\C/C=C\C/C=C\C/C=C\C/C=C\CCC(=O)OCC(COP(=O)(O)OCC(O)COP(=O)(O)OCC(O)COC(=O)CCCCCCCCCCCCC/C=C\C/C=C\C/C=C\C/C=C\CCCCC)OC(=O)CCCCCCC/C=C\CCCC. The average Bonchev–Trinajstić information content (AvgIpc) is 3.68. The normalized spacial score (nSPS) is 15.0. The highest BCUT2D eigenvalue weighted by Crippen LogP contribution is 2.45. The molecule has 0 rings (SSSR count). The van der Waals surface area contributed by atoms with E-state index < -0.39 is 91.5 Å². The Morgan fingerprint density at radius 1 is 0.312 bits per heavy atom. The molecule has 0 fully saturated rings. The lowest BCUT2D eigenvalue weighted by Crippen LogP contribution is -2.30. The summed E-state index contributed by atoms with van der Waals surface area (Å²) in [6.07, 6.45) is 79.7. The third-order valence-electron chi connectivity index (χ3n) is 14.3. The van der Waals surface area contributed by atoms with Crippen molar-refractivity contribution in [1.82, 2.24) is 0 Å². The topological polar surface area (TPSA) is 231 Å². The maximum Gasteiger partial charge on any atom is 0.472 e. The molecular weight excluding hydrogens is 1220 g/mol. The van der Waals surface area contributed by atoms with Gasteiger partial charge in [0, 0.05) is 19.3 Å². The number of esters is 3. The van der Waals surface area contributed by atoms with E-state index in [1.807, 2.05) is 18.2 Å². The second kappa shape index (κ2) is 67.7. The number of rotatable bonds is 66. The minimum atomic E-state index is -4.94. The van der Waals surface area contributed by atoms with Gasteiger partial charge in [-0.2, -0.15) is 0 Å². The lowest BCUT2D eigenvalue weighted by atomic mass is 10.0. The van der Waals surface area contributed by atoms with Crippen molar-refractivity contribution in [3.63, 3.8) is 0 Å². The number of aliphatic hydroxyl groups is 2. The summed E-state index contributed by atoms with van der Waals surface area (Å²) >= 11 is 0. The first-order valence-corrected chi connectivity index (χ1v) is 38.5. The summed E-state index contributed by atoms with van der Waals surface area (Å²) in [5.74, 6) is -1.69. The van der Waals surface area contributed by atoms with E-state index in [1.165, 1.54) is 83.5 Å². The van der Waals surface area contributed by atoms with Gasteiger partial charge in [0.1, 0.15) is 25.4 Å². The zero-order valence-corrected chi connectivity index (χ0v) is 59.4. The Labute approximate surface area is 563 Å². The number of carbonyl (C=O) groups excluding carboxylic acids is 3. The number of carbonyl (C=O) groups is 3. The number of hydrogen-bond acceptors (Lipinski definition) is 14. The van der Waals surface area contributed by atoms with E-state index in [-0.39, 0.29) is 19.3 Å². The Balaban J connectivity index is 4.54. The molecule has 18 heteroatoms. The molecule has 0 saturated carbocycles. The predicted molar refractivity (Wildman–Crippen MR) is 380 cm³/mol. The summed E-state index contributed by atoms with van der Waals surface area (Å²) in [6.45, 7) is 2.37. The summed E-state index contributed by atoms with van der Waals surface area (Å²) < 4.78 is 60.7. The van der Waals surface area contributed by atoms with Crippen LogP contribution in [0.25, 0.3) is 0 Å². The zero-order valence-electron chi connectivity index (χ0n) is 57.6. The third kappa shape index (κ3) is 68.9. The largest absolute Gasteiger partial charge is 0.472 e. The van der Waals surface area contributed by atoms with Gasteiger partial charge in [0.05, 0.1) is 26.4 Å². The van der Waals surface area contributed by atoms with Crippen LogP contribution < -0.4 is 0 Å². The second-order valence-corrected chi connectivity index (χ2v) is 26.2. The molecule has 0 aromatic heterocycles. The molecule has 5 atom stereocenters. The lowest BCUT2D eigenvalue weighted by Gasteiger charge is -2.21. The van der Waals surface area contributed by atoms with Crippen LogP contribution in [0, 0.1) is 0 Å². The van der Waals surface area contributed by atoms with Crippen molar-refractivity contribution >= 4 is 33.6 Å². The first-order valence-electron chi connectivity index (χ1n) is 35.5. The summed E-state index contributed by atoms with van der Waals surface area (Å²) in [6, 6.07) is 0. The molecule has 0 aromatic carbocycles. The quantitative estimate of drug-likeness (QED) is 0.0146. The average molecular weight is 1350 g/mol. The fraction of sp³-hybridized carbons (Fsp3) is 0.667. The summed E-state index contributed by atoms with van der Waals surface area (Å²) in [7, 11) is -9.80. The molecule has 0 amide bonds. The molecule has 4 N–H and O–H groups in total. The standard InChI is InChI=1S/C75H126O16P2/c1-4-7-10-13-16-19-22-24-26-28-30-31-32-33-34-35-36-37-39-41-42-44-47-49-52-55-58-61-73(78)85-64-70(76)65-87-92(81,82)88-66-71(77)67-89-93(83,84)90-69-72(91-75(80)63-60-57-54-51-46-21-18-15-12-9-6-3)68-86-74(79)62-59-56-53-50-48-45-43-40-38-29-27-25-23-20-17-14-11-8-5-2/h8,11,15-20,24-27,30-31,33-34,38,40,45,48,53,56,70-72,76-77H,4-7,9-10,12-14,21-23,28-29,32,35-37,39,41-44,46-47,49-52,54-55,57-69H2,1-3H3,(H,81,82)(H,83,84)/b11-8-,18-15-,19-16-,20-17-,26-24-,27-25-,31-30-,34-33-,40-38-,48-45-,56-53-. The van der Waals surface area contributed by atoms with Crippen molar-refractivity contribution in [2.75, 3.05) is 39.6 Å². The molecule has 0 aromatic rings. The van der Waals surface area contributed by atoms with E-state index in [9.17, 15) is 43.5 Å². The summed E-state index contributed by atoms with van der Waals surface area (Å²) in [5, 5.41) is 20.6. The summed E-state index contributed by atoms with van der Waals surface area (Å²) in [5.41, 5.74) is 0. The Hall–Kier alpha value is -4.31. The Bertz CT molecular complexity index is 2230. The molecule has 0 bridgehead atoms. The monoisotopic (exact) mass is 1340 g/mol. The number of allylic oxidation sites excluding steroid dienone is 22. The van der Waals surface area contributed by atoms with E-state index in [1.54, 1.807) is 0 Å². The Morgan fingerprint density at radius 2 is 0.602 bits per heavy atom. The molecule has 5 unspecified atom stereocenters. The molecule has 0 aliphatic carbocycles. The molecule has 0 aliphatic rings.